The maximum absolute atomic E-state index is 14.5. The van der Waals surface area contributed by atoms with Crippen LogP contribution in [0.4, 0.5) is 4.39 Å². The molecule has 2 aliphatic rings. The van der Waals surface area contributed by atoms with Crippen LogP contribution in [0.2, 0.25) is 0 Å². The van der Waals surface area contributed by atoms with Crippen LogP contribution in [0.5, 0.6) is 0 Å². The van der Waals surface area contributed by atoms with Crippen LogP contribution in [0.25, 0.3) is 5.70 Å². The van der Waals surface area contributed by atoms with E-state index < -0.39 is 5.83 Å². The number of hydrazine groups is 1. The Hall–Kier alpha value is -2.06. The standard InChI is InChI=1S/C13H17FN6O/c1-4-21-9(3)19-6-10(5-16-19)12-11(14)13-17-8(2)18-20(13)7-15-12/h5-9,18H,4H2,1-3H3. The first-order chi connectivity index (χ1) is 10.1. The number of nitrogens with one attached hydrogen (secondary N) is 1. The zero-order valence-corrected chi connectivity index (χ0v) is 12.1. The fraction of sp³-hybridized carbons (Fsp3) is 0.462. The Morgan fingerprint density at radius 2 is 2.33 bits per heavy atom. The summed E-state index contributed by atoms with van der Waals surface area (Å²) in [5.74, 6) is -0.212. The molecular formula is C13H17FN6O. The molecular weight excluding hydrogens is 275 g/mol. The van der Waals surface area contributed by atoms with Crippen molar-refractivity contribution >= 4 is 17.9 Å². The Bertz CT molecular complexity index is 634. The Morgan fingerprint density at radius 3 is 3.10 bits per heavy atom. The highest BCUT2D eigenvalue weighted by atomic mass is 19.1. The van der Waals surface area contributed by atoms with Crippen molar-refractivity contribution in [1.82, 2.24) is 20.2 Å². The molecule has 0 aromatic carbocycles. The van der Waals surface area contributed by atoms with Gasteiger partial charge in [-0.1, -0.05) is 0 Å². The van der Waals surface area contributed by atoms with E-state index in [1.54, 1.807) is 17.1 Å². The Labute approximate surface area is 121 Å². The second kappa shape index (κ2) is 5.38. The van der Waals surface area contributed by atoms with Crippen LogP contribution in [0, 0.1) is 0 Å². The van der Waals surface area contributed by atoms with Crippen molar-refractivity contribution in [3.05, 3.63) is 23.8 Å². The quantitative estimate of drug-likeness (QED) is 0.917. The smallest absolute Gasteiger partial charge is 0.193 e. The van der Waals surface area contributed by atoms with Crippen molar-refractivity contribution in [2.24, 2.45) is 9.98 Å². The summed E-state index contributed by atoms with van der Waals surface area (Å²) in [7, 11) is 0. The number of amidine groups is 1. The fourth-order valence-corrected chi connectivity index (χ4v) is 2.24. The molecule has 1 aromatic heterocycles. The molecule has 0 radical (unpaired) electrons. The van der Waals surface area contributed by atoms with Gasteiger partial charge in [0.15, 0.2) is 11.7 Å². The zero-order valence-electron chi connectivity index (χ0n) is 12.1. The van der Waals surface area contributed by atoms with Gasteiger partial charge in [0, 0.05) is 18.4 Å². The van der Waals surface area contributed by atoms with Gasteiger partial charge in [-0.25, -0.2) is 29.5 Å². The van der Waals surface area contributed by atoms with E-state index in [0.29, 0.717) is 12.2 Å². The van der Waals surface area contributed by atoms with Crippen LogP contribution in [0.3, 0.4) is 0 Å². The molecule has 1 aromatic rings. The van der Waals surface area contributed by atoms with Crippen LogP contribution < -0.4 is 5.43 Å². The number of hydrogen-bond donors (Lipinski definition) is 1. The summed E-state index contributed by atoms with van der Waals surface area (Å²) in [6.45, 7) is 6.22. The molecule has 0 amide bonds. The lowest BCUT2D eigenvalue weighted by Gasteiger charge is -2.18. The van der Waals surface area contributed by atoms with Crippen LogP contribution in [-0.2, 0) is 4.74 Å². The molecule has 0 saturated carbocycles. The summed E-state index contributed by atoms with van der Waals surface area (Å²) < 4.78 is 21.6. The molecule has 8 heteroatoms. The topological polar surface area (TPSA) is 67.0 Å². The number of rotatable bonds is 4. The molecule has 0 saturated heterocycles. The molecule has 21 heavy (non-hydrogen) atoms. The number of aliphatic imine (C=N–C) groups is 2. The van der Waals surface area contributed by atoms with Crippen molar-refractivity contribution in [3.8, 4) is 0 Å². The molecule has 2 atom stereocenters. The van der Waals surface area contributed by atoms with Gasteiger partial charge in [-0.15, -0.1) is 0 Å². The number of halogens is 1. The monoisotopic (exact) mass is 292 g/mol. The fourth-order valence-electron chi connectivity index (χ4n) is 2.24. The van der Waals surface area contributed by atoms with E-state index >= 15 is 0 Å². The molecule has 2 aliphatic heterocycles. The predicted octanol–water partition coefficient (Wildman–Crippen LogP) is 1.68. The van der Waals surface area contributed by atoms with E-state index in [2.05, 4.69) is 20.5 Å². The number of nitrogens with zero attached hydrogens (tertiary/aromatic N) is 5. The average molecular weight is 292 g/mol. The maximum Gasteiger partial charge on any atom is 0.193 e. The predicted molar refractivity (Wildman–Crippen MR) is 77.0 cm³/mol. The lowest BCUT2D eigenvalue weighted by Crippen LogP contribution is -2.40. The first-order valence-corrected chi connectivity index (χ1v) is 6.83. The summed E-state index contributed by atoms with van der Waals surface area (Å²) in [6, 6.07) is 0. The molecule has 3 heterocycles. The van der Waals surface area contributed by atoms with Crippen LogP contribution >= 0.6 is 0 Å². The highest BCUT2D eigenvalue weighted by molar-refractivity contribution is 6.11. The summed E-state index contributed by atoms with van der Waals surface area (Å²) in [6.07, 6.45) is 4.43. The van der Waals surface area contributed by atoms with E-state index in [9.17, 15) is 4.39 Å². The minimum atomic E-state index is -0.460. The van der Waals surface area contributed by atoms with Gasteiger partial charge in [0.2, 0.25) is 0 Å². The molecule has 112 valence electrons. The minimum absolute atomic E-state index is 0.169. The molecule has 0 bridgehead atoms. The van der Waals surface area contributed by atoms with Gasteiger partial charge >= 0.3 is 0 Å². The second-order valence-corrected chi connectivity index (χ2v) is 4.80. The van der Waals surface area contributed by atoms with E-state index in [1.165, 1.54) is 11.3 Å². The normalized spacial score (nSPS) is 22.6. The lowest BCUT2D eigenvalue weighted by molar-refractivity contribution is 0.0159. The average Bonchev–Trinajstić information content (AvgIpc) is 3.06. The first kappa shape index (κ1) is 13.9. The van der Waals surface area contributed by atoms with Gasteiger partial charge in [-0.3, -0.25) is 0 Å². The number of ether oxygens (including phenoxy) is 1. The van der Waals surface area contributed by atoms with Crippen LogP contribution in [-0.4, -0.2) is 39.7 Å². The third-order valence-corrected chi connectivity index (χ3v) is 3.23. The SMILES string of the molecule is CCOC(C)n1cc(C2=C(F)C3=NC(C)NN3C=N2)cn1. The van der Waals surface area contributed by atoms with E-state index in [-0.39, 0.29) is 23.9 Å². The summed E-state index contributed by atoms with van der Waals surface area (Å²) in [5.41, 5.74) is 3.79. The number of aromatic nitrogens is 2. The van der Waals surface area contributed by atoms with Gasteiger partial charge < -0.3 is 4.74 Å². The molecule has 7 nitrogen and oxygen atoms in total. The zero-order chi connectivity index (χ0) is 15.0. The second-order valence-electron chi connectivity index (χ2n) is 4.80. The number of fused-ring (bicyclic) bond motifs is 1. The van der Waals surface area contributed by atoms with Crippen molar-refractivity contribution in [3.63, 3.8) is 0 Å². The molecule has 3 rings (SSSR count). The van der Waals surface area contributed by atoms with E-state index in [0.717, 1.165) is 0 Å². The van der Waals surface area contributed by atoms with Crippen LogP contribution in [0.15, 0.2) is 28.2 Å². The van der Waals surface area contributed by atoms with Gasteiger partial charge in [0.05, 0.1) is 6.20 Å². The maximum atomic E-state index is 14.5. The van der Waals surface area contributed by atoms with Crippen molar-refractivity contribution in [2.45, 2.75) is 33.2 Å². The highest BCUT2D eigenvalue weighted by Crippen LogP contribution is 2.27. The Balaban J connectivity index is 1.90. The molecule has 0 fully saturated rings. The number of hydrogen-bond acceptors (Lipinski definition) is 6. The van der Waals surface area contributed by atoms with Gasteiger partial charge in [-0.2, -0.15) is 5.10 Å². The largest absolute Gasteiger partial charge is 0.357 e. The van der Waals surface area contributed by atoms with Gasteiger partial charge in [0.25, 0.3) is 0 Å². The van der Waals surface area contributed by atoms with Gasteiger partial charge in [0.1, 0.15) is 24.4 Å². The highest BCUT2D eigenvalue weighted by Gasteiger charge is 2.30. The van der Waals surface area contributed by atoms with Gasteiger partial charge in [-0.05, 0) is 20.8 Å². The Morgan fingerprint density at radius 1 is 1.52 bits per heavy atom. The van der Waals surface area contributed by atoms with E-state index in [1.807, 2.05) is 20.8 Å². The summed E-state index contributed by atoms with van der Waals surface area (Å²) in [4.78, 5) is 8.34. The summed E-state index contributed by atoms with van der Waals surface area (Å²) >= 11 is 0. The Kier molecular flexibility index (Phi) is 3.56. The molecule has 0 spiro atoms. The molecule has 0 aliphatic carbocycles. The van der Waals surface area contributed by atoms with Crippen LogP contribution in [0.1, 0.15) is 32.6 Å². The molecule has 2 unspecified atom stereocenters. The third-order valence-electron chi connectivity index (χ3n) is 3.23. The minimum Gasteiger partial charge on any atom is -0.357 e. The van der Waals surface area contributed by atoms with Crippen molar-refractivity contribution in [2.75, 3.05) is 6.61 Å². The van der Waals surface area contributed by atoms with Crippen molar-refractivity contribution in [1.29, 1.82) is 0 Å². The first-order valence-electron chi connectivity index (χ1n) is 6.83. The van der Waals surface area contributed by atoms with Crippen molar-refractivity contribution < 1.29 is 9.13 Å². The third kappa shape index (κ3) is 2.47. The molecule has 1 N–H and O–H groups in total. The summed E-state index contributed by atoms with van der Waals surface area (Å²) in [5, 5.41) is 5.68. The lowest BCUT2D eigenvalue weighted by atomic mass is 10.2. The van der Waals surface area contributed by atoms with E-state index in [4.69, 9.17) is 4.74 Å².